The fourth-order valence-corrected chi connectivity index (χ4v) is 2.22. The number of esters is 1. The van der Waals surface area contributed by atoms with E-state index in [9.17, 15) is 4.79 Å². The van der Waals surface area contributed by atoms with Crippen molar-refractivity contribution in [3.8, 4) is 0 Å². The van der Waals surface area contributed by atoms with Gasteiger partial charge in [-0.25, -0.2) is 0 Å². The number of rotatable bonds is 13. The summed E-state index contributed by atoms with van der Waals surface area (Å²) >= 11 is 0. The van der Waals surface area contributed by atoms with E-state index in [1.165, 1.54) is 57.8 Å². The van der Waals surface area contributed by atoms with Crippen LogP contribution in [0.1, 0.15) is 84.5 Å². The molecule has 0 aromatic rings. The number of carbonyl (C=O) groups is 1. The van der Waals surface area contributed by atoms with Crippen LogP contribution in [0, 0.1) is 0 Å². The maximum atomic E-state index is 11.3. The van der Waals surface area contributed by atoms with E-state index in [-0.39, 0.29) is 5.97 Å². The van der Waals surface area contributed by atoms with Crippen molar-refractivity contribution in [1.29, 1.82) is 0 Å². The maximum Gasteiger partial charge on any atom is 0.322 e. The van der Waals surface area contributed by atoms with Gasteiger partial charge < -0.3 is 10.5 Å². The zero-order valence-electron chi connectivity index (χ0n) is 13.0. The molecule has 0 aromatic carbocycles. The molecule has 3 nitrogen and oxygen atoms in total. The van der Waals surface area contributed by atoms with Gasteiger partial charge in [-0.05, 0) is 13.3 Å². The number of hydrogen-bond donors (Lipinski definition) is 1. The molecule has 0 aliphatic rings. The van der Waals surface area contributed by atoms with Crippen LogP contribution in [0.3, 0.4) is 0 Å². The Morgan fingerprint density at radius 1 is 0.895 bits per heavy atom. The summed E-state index contributed by atoms with van der Waals surface area (Å²) in [4.78, 5) is 11.3. The predicted octanol–water partition coefficient (Wildman–Crippen LogP) is 4.19. The normalized spacial score (nSPS) is 12.4. The maximum absolute atomic E-state index is 11.3. The molecule has 0 heterocycles. The van der Waals surface area contributed by atoms with Gasteiger partial charge in [-0.2, -0.15) is 0 Å². The van der Waals surface area contributed by atoms with Gasteiger partial charge in [-0.3, -0.25) is 4.79 Å². The van der Waals surface area contributed by atoms with Crippen molar-refractivity contribution in [3.05, 3.63) is 0 Å². The van der Waals surface area contributed by atoms with E-state index < -0.39 is 6.04 Å². The van der Waals surface area contributed by atoms with Crippen molar-refractivity contribution < 1.29 is 9.53 Å². The van der Waals surface area contributed by atoms with Gasteiger partial charge in [0.05, 0.1) is 6.61 Å². The molecule has 114 valence electrons. The lowest BCUT2D eigenvalue weighted by atomic mass is 10.0. The van der Waals surface area contributed by atoms with Crippen LogP contribution in [-0.2, 0) is 9.53 Å². The molecule has 3 heteroatoms. The minimum atomic E-state index is -0.422. The number of hydrogen-bond acceptors (Lipinski definition) is 3. The average Bonchev–Trinajstić information content (AvgIpc) is 2.41. The molecular formula is C16H33NO2. The van der Waals surface area contributed by atoms with Crippen LogP contribution in [0.25, 0.3) is 0 Å². The monoisotopic (exact) mass is 271 g/mol. The van der Waals surface area contributed by atoms with Crippen molar-refractivity contribution in [2.24, 2.45) is 5.73 Å². The summed E-state index contributed by atoms with van der Waals surface area (Å²) in [5.74, 6) is -0.251. The molecule has 0 radical (unpaired) electrons. The van der Waals surface area contributed by atoms with Crippen LogP contribution < -0.4 is 5.73 Å². The van der Waals surface area contributed by atoms with Gasteiger partial charge in [-0.1, -0.05) is 71.1 Å². The Bertz CT molecular complexity index is 207. The van der Waals surface area contributed by atoms with Crippen molar-refractivity contribution in [2.75, 3.05) is 6.61 Å². The molecule has 0 aromatic heterocycles. The highest BCUT2D eigenvalue weighted by atomic mass is 16.5. The van der Waals surface area contributed by atoms with Crippen LogP contribution in [0.15, 0.2) is 0 Å². The van der Waals surface area contributed by atoms with Gasteiger partial charge >= 0.3 is 5.97 Å². The summed E-state index contributed by atoms with van der Waals surface area (Å²) in [5, 5.41) is 0. The fourth-order valence-electron chi connectivity index (χ4n) is 2.22. The van der Waals surface area contributed by atoms with E-state index in [1.54, 1.807) is 0 Å². The van der Waals surface area contributed by atoms with Gasteiger partial charge in [-0.15, -0.1) is 0 Å². The van der Waals surface area contributed by atoms with Crippen molar-refractivity contribution in [3.63, 3.8) is 0 Å². The van der Waals surface area contributed by atoms with Crippen molar-refractivity contribution in [1.82, 2.24) is 0 Å². The van der Waals surface area contributed by atoms with E-state index in [2.05, 4.69) is 6.92 Å². The minimum absolute atomic E-state index is 0.251. The Morgan fingerprint density at radius 3 is 1.84 bits per heavy atom. The predicted molar refractivity (Wildman–Crippen MR) is 81.1 cm³/mol. The highest BCUT2D eigenvalue weighted by Crippen LogP contribution is 2.11. The summed E-state index contributed by atoms with van der Waals surface area (Å²) in [6.07, 6.45) is 13.8. The Labute approximate surface area is 119 Å². The lowest BCUT2D eigenvalue weighted by Gasteiger charge is -2.09. The second-order valence-corrected chi connectivity index (χ2v) is 5.33. The summed E-state index contributed by atoms with van der Waals surface area (Å²) < 4.78 is 4.88. The zero-order valence-corrected chi connectivity index (χ0v) is 13.0. The molecule has 0 amide bonds. The second kappa shape index (κ2) is 13.9. The van der Waals surface area contributed by atoms with E-state index in [0.717, 1.165) is 12.8 Å². The standard InChI is InChI=1S/C16H33NO2/c1-3-5-6-7-8-9-10-11-12-13-14-15(17)16(18)19-4-2/h15H,3-14,17H2,1-2H3. The van der Waals surface area contributed by atoms with Crippen LogP contribution in [-0.4, -0.2) is 18.6 Å². The van der Waals surface area contributed by atoms with Crippen LogP contribution >= 0.6 is 0 Å². The van der Waals surface area contributed by atoms with E-state index in [4.69, 9.17) is 10.5 Å². The third-order valence-corrected chi connectivity index (χ3v) is 3.46. The number of ether oxygens (including phenoxy) is 1. The third kappa shape index (κ3) is 12.2. The number of unbranched alkanes of at least 4 members (excludes halogenated alkanes) is 9. The molecule has 0 saturated heterocycles. The Morgan fingerprint density at radius 2 is 1.37 bits per heavy atom. The average molecular weight is 271 g/mol. The summed E-state index contributed by atoms with van der Waals surface area (Å²) in [6.45, 7) is 4.48. The SMILES string of the molecule is CCCCCCCCCCCCC(N)C(=O)OCC. The third-order valence-electron chi connectivity index (χ3n) is 3.46. The first-order chi connectivity index (χ1) is 9.22. The molecule has 0 aliphatic carbocycles. The first-order valence-electron chi connectivity index (χ1n) is 8.14. The van der Waals surface area contributed by atoms with Crippen LogP contribution in [0.5, 0.6) is 0 Å². The number of carbonyl (C=O) groups excluding carboxylic acids is 1. The largest absolute Gasteiger partial charge is 0.465 e. The zero-order chi connectivity index (χ0) is 14.3. The highest BCUT2D eigenvalue weighted by Gasteiger charge is 2.13. The molecule has 0 bridgehead atoms. The molecule has 2 N–H and O–H groups in total. The second-order valence-electron chi connectivity index (χ2n) is 5.33. The topological polar surface area (TPSA) is 52.3 Å². The van der Waals surface area contributed by atoms with Crippen molar-refractivity contribution >= 4 is 5.97 Å². The molecule has 0 spiro atoms. The summed E-state index contributed by atoms with van der Waals surface area (Å²) in [5.41, 5.74) is 5.74. The Hall–Kier alpha value is -0.570. The lowest BCUT2D eigenvalue weighted by Crippen LogP contribution is -2.32. The van der Waals surface area contributed by atoms with Gasteiger partial charge in [0, 0.05) is 0 Å². The Kier molecular flexibility index (Phi) is 13.4. The highest BCUT2D eigenvalue weighted by molar-refractivity contribution is 5.75. The first kappa shape index (κ1) is 18.4. The molecular weight excluding hydrogens is 238 g/mol. The molecule has 0 rings (SSSR count). The van der Waals surface area contributed by atoms with Crippen LogP contribution in [0.4, 0.5) is 0 Å². The van der Waals surface area contributed by atoms with Crippen LogP contribution in [0.2, 0.25) is 0 Å². The molecule has 0 aliphatic heterocycles. The Balaban J connectivity index is 3.20. The van der Waals surface area contributed by atoms with Gasteiger partial charge in [0.2, 0.25) is 0 Å². The molecule has 1 atom stereocenters. The molecule has 1 unspecified atom stereocenters. The molecule has 0 saturated carbocycles. The smallest absolute Gasteiger partial charge is 0.322 e. The van der Waals surface area contributed by atoms with Gasteiger partial charge in [0.25, 0.3) is 0 Å². The fraction of sp³-hybridized carbons (Fsp3) is 0.938. The minimum Gasteiger partial charge on any atom is -0.465 e. The van der Waals surface area contributed by atoms with Crippen molar-refractivity contribution in [2.45, 2.75) is 90.5 Å². The first-order valence-corrected chi connectivity index (χ1v) is 8.14. The summed E-state index contributed by atoms with van der Waals surface area (Å²) in [7, 11) is 0. The van der Waals surface area contributed by atoms with Gasteiger partial charge in [0.1, 0.15) is 6.04 Å². The molecule has 19 heavy (non-hydrogen) atoms. The number of nitrogens with two attached hydrogens (primary N) is 1. The summed E-state index contributed by atoms with van der Waals surface area (Å²) in [6, 6.07) is -0.422. The molecule has 0 fully saturated rings. The quantitative estimate of drug-likeness (QED) is 0.404. The van der Waals surface area contributed by atoms with E-state index in [0.29, 0.717) is 6.61 Å². The van der Waals surface area contributed by atoms with Gasteiger partial charge in [0.15, 0.2) is 0 Å². The van der Waals surface area contributed by atoms with E-state index in [1.807, 2.05) is 6.92 Å². The van der Waals surface area contributed by atoms with E-state index >= 15 is 0 Å². The lowest BCUT2D eigenvalue weighted by molar-refractivity contribution is -0.144.